The van der Waals surface area contributed by atoms with Crippen molar-refractivity contribution in [2.24, 2.45) is 0 Å². The maximum Gasteiger partial charge on any atom is 0.335 e. The molecule has 35 heavy (non-hydrogen) atoms. The van der Waals surface area contributed by atoms with Gasteiger partial charge in [-0.1, -0.05) is 66.2 Å². The highest BCUT2D eigenvalue weighted by atomic mass is 35.5. The fraction of sp³-hybridized carbons (Fsp3) is 0.0357. The quantitative estimate of drug-likeness (QED) is 0.291. The lowest BCUT2D eigenvalue weighted by molar-refractivity contribution is -0.122. The Hall–Kier alpha value is -4.42. The molecule has 0 atom stereocenters. The molecule has 0 unspecified atom stereocenters. The zero-order valence-electron chi connectivity index (χ0n) is 18.4. The van der Waals surface area contributed by atoms with Gasteiger partial charge >= 0.3 is 6.03 Å². The maximum absolute atomic E-state index is 13.2. The van der Waals surface area contributed by atoms with Crippen LogP contribution in [0.15, 0.2) is 96.6 Å². The Balaban J connectivity index is 1.39. The fourth-order valence-electron chi connectivity index (χ4n) is 3.86. The molecule has 1 saturated heterocycles. The number of nitrogens with zero attached hydrogens (tertiary/aromatic N) is 1. The molecule has 6 nitrogen and oxygen atoms in total. The van der Waals surface area contributed by atoms with Crippen LogP contribution >= 0.6 is 11.6 Å². The molecule has 1 aliphatic heterocycles. The van der Waals surface area contributed by atoms with E-state index < -0.39 is 17.8 Å². The number of carbonyl (C=O) groups excluding carboxylic acids is 3. The van der Waals surface area contributed by atoms with Crippen molar-refractivity contribution in [2.75, 3.05) is 4.90 Å². The van der Waals surface area contributed by atoms with E-state index in [4.69, 9.17) is 16.3 Å². The van der Waals surface area contributed by atoms with E-state index in [0.29, 0.717) is 28.6 Å². The Labute approximate surface area is 206 Å². The van der Waals surface area contributed by atoms with Gasteiger partial charge in [0.05, 0.1) is 5.69 Å². The van der Waals surface area contributed by atoms with Crippen LogP contribution in [-0.4, -0.2) is 17.8 Å². The van der Waals surface area contributed by atoms with Gasteiger partial charge in [-0.3, -0.25) is 14.9 Å². The fourth-order valence-corrected chi connectivity index (χ4v) is 3.99. The standard InChI is InChI=1S/C28H19ClN2O4/c29-21-10-8-18(9-11-21)17-35-23-14-12-22(13-15-23)31-27(33)25(26(32)30-28(31)34)16-20-6-3-5-19-4-1-2-7-24(19)20/h1-16H,17H2,(H,30,32,34)/b25-16+. The Morgan fingerprint density at radius 3 is 2.31 bits per heavy atom. The van der Waals surface area contributed by atoms with E-state index in [1.54, 1.807) is 36.4 Å². The van der Waals surface area contributed by atoms with E-state index >= 15 is 0 Å². The highest BCUT2D eigenvalue weighted by Gasteiger charge is 2.36. The van der Waals surface area contributed by atoms with Crippen LogP contribution in [-0.2, 0) is 16.2 Å². The van der Waals surface area contributed by atoms with Gasteiger partial charge in [0.2, 0.25) is 0 Å². The van der Waals surface area contributed by atoms with E-state index in [9.17, 15) is 14.4 Å². The zero-order valence-corrected chi connectivity index (χ0v) is 19.2. The lowest BCUT2D eigenvalue weighted by Gasteiger charge is -2.26. The number of carbonyl (C=O) groups is 3. The van der Waals surface area contributed by atoms with Gasteiger partial charge in [0.25, 0.3) is 11.8 Å². The summed E-state index contributed by atoms with van der Waals surface area (Å²) in [6, 6.07) is 26.3. The second-order valence-corrected chi connectivity index (χ2v) is 8.37. The predicted octanol–water partition coefficient (Wildman–Crippen LogP) is 5.74. The van der Waals surface area contributed by atoms with Gasteiger partial charge in [-0.05, 0) is 64.4 Å². The number of amides is 4. The molecule has 4 aromatic carbocycles. The first-order chi connectivity index (χ1) is 17.0. The molecule has 1 N–H and O–H groups in total. The van der Waals surface area contributed by atoms with Crippen molar-refractivity contribution >= 4 is 52.0 Å². The summed E-state index contributed by atoms with van der Waals surface area (Å²) in [4.78, 5) is 39.3. The molecule has 0 spiro atoms. The molecule has 4 amide bonds. The van der Waals surface area contributed by atoms with Crippen LogP contribution in [0.5, 0.6) is 5.75 Å². The van der Waals surface area contributed by atoms with Crippen LogP contribution in [0, 0.1) is 0 Å². The number of fused-ring (bicyclic) bond motifs is 1. The summed E-state index contributed by atoms with van der Waals surface area (Å²) >= 11 is 5.90. The normalized spacial score (nSPS) is 14.9. The first-order valence-electron chi connectivity index (χ1n) is 10.9. The van der Waals surface area contributed by atoms with E-state index in [0.717, 1.165) is 21.2 Å². The zero-order chi connectivity index (χ0) is 24.4. The largest absolute Gasteiger partial charge is 0.489 e. The SMILES string of the molecule is O=C1NC(=O)N(c2ccc(OCc3ccc(Cl)cc3)cc2)C(=O)/C1=C/c1cccc2ccccc12. The van der Waals surface area contributed by atoms with Gasteiger partial charge < -0.3 is 4.74 Å². The average molecular weight is 483 g/mol. The van der Waals surface area contributed by atoms with Crippen molar-refractivity contribution in [3.8, 4) is 5.75 Å². The summed E-state index contributed by atoms with van der Waals surface area (Å²) in [5.74, 6) is -0.857. The molecule has 0 radical (unpaired) electrons. The van der Waals surface area contributed by atoms with Gasteiger partial charge in [-0.2, -0.15) is 0 Å². The molecule has 0 aromatic heterocycles. The smallest absolute Gasteiger partial charge is 0.335 e. The molecule has 1 fully saturated rings. The number of ether oxygens (including phenoxy) is 1. The molecule has 172 valence electrons. The summed E-state index contributed by atoms with van der Waals surface area (Å²) in [6.45, 7) is 0.339. The molecule has 7 heteroatoms. The molecule has 0 aliphatic carbocycles. The number of rotatable bonds is 5. The van der Waals surface area contributed by atoms with Crippen LogP contribution in [0.25, 0.3) is 16.8 Å². The minimum atomic E-state index is -0.801. The number of benzene rings is 4. The first-order valence-corrected chi connectivity index (χ1v) is 11.2. The third-order valence-electron chi connectivity index (χ3n) is 5.64. The van der Waals surface area contributed by atoms with Crippen LogP contribution in [0.2, 0.25) is 5.02 Å². The summed E-state index contributed by atoms with van der Waals surface area (Å²) in [5, 5.41) is 4.78. The lowest BCUT2D eigenvalue weighted by Crippen LogP contribution is -2.54. The molecule has 4 aromatic rings. The van der Waals surface area contributed by atoms with Crippen molar-refractivity contribution in [3.63, 3.8) is 0 Å². The molecular formula is C28H19ClN2O4. The number of barbiturate groups is 1. The van der Waals surface area contributed by atoms with Crippen molar-refractivity contribution in [1.29, 1.82) is 0 Å². The van der Waals surface area contributed by atoms with E-state index in [2.05, 4.69) is 5.32 Å². The van der Waals surface area contributed by atoms with Crippen LogP contribution in [0.3, 0.4) is 0 Å². The van der Waals surface area contributed by atoms with Crippen molar-refractivity contribution in [3.05, 3.63) is 113 Å². The number of urea groups is 1. The van der Waals surface area contributed by atoms with Gasteiger partial charge in [-0.15, -0.1) is 0 Å². The Morgan fingerprint density at radius 1 is 0.829 bits per heavy atom. The maximum atomic E-state index is 13.2. The third kappa shape index (κ3) is 4.65. The second-order valence-electron chi connectivity index (χ2n) is 7.94. The van der Waals surface area contributed by atoms with Crippen molar-refractivity contribution in [2.45, 2.75) is 6.61 Å². The van der Waals surface area contributed by atoms with Crippen LogP contribution < -0.4 is 15.0 Å². The Morgan fingerprint density at radius 2 is 1.54 bits per heavy atom. The van der Waals surface area contributed by atoms with E-state index in [-0.39, 0.29) is 5.57 Å². The van der Waals surface area contributed by atoms with Crippen molar-refractivity contribution in [1.82, 2.24) is 5.32 Å². The highest BCUT2D eigenvalue weighted by molar-refractivity contribution is 6.39. The first kappa shape index (κ1) is 22.4. The highest BCUT2D eigenvalue weighted by Crippen LogP contribution is 2.26. The summed E-state index contributed by atoms with van der Waals surface area (Å²) in [7, 11) is 0. The number of halogens is 1. The van der Waals surface area contributed by atoms with Gasteiger partial charge in [-0.25, -0.2) is 9.69 Å². The average Bonchev–Trinajstić information content (AvgIpc) is 2.87. The molecular weight excluding hydrogens is 464 g/mol. The number of anilines is 1. The Kier molecular flexibility index (Phi) is 6.04. The number of imide groups is 2. The van der Waals surface area contributed by atoms with E-state index in [1.165, 1.54) is 6.08 Å². The summed E-state index contributed by atoms with van der Waals surface area (Å²) in [5.41, 5.74) is 1.86. The molecule has 0 saturated carbocycles. The number of nitrogens with one attached hydrogen (secondary N) is 1. The van der Waals surface area contributed by atoms with Gasteiger partial charge in [0, 0.05) is 5.02 Å². The minimum absolute atomic E-state index is 0.121. The third-order valence-corrected chi connectivity index (χ3v) is 5.89. The summed E-state index contributed by atoms with van der Waals surface area (Å²) < 4.78 is 5.77. The van der Waals surface area contributed by atoms with Gasteiger partial charge in [0.15, 0.2) is 0 Å². The molecule has 1 aliphatic rings. The topological polar surface area (TPSA) is 75.7 Å². The van der Waals surface area contributed by atoms with Gasteiger partial charge in [0.1, 0.15) is 17.9 Å². The van der Waals surface area contributed by atoms with Crippen molar-refractivity contribution < 1.29 is 19.1 Å². The second kappa shape index (κ2) is 9.44. The predicted molar refractivity (Wildman–Crippen MR) is 135 cm³/mol. The lowest BCUT2D eigenvalue weighted by atomic mass is 10.0. The van der Waals surface area contributed by atoms with Crippen LogP contribution in [0.4, 0.5) is 10.5 Å². The van der Waals surface area contributed by atoms with E-state index in [1.807, 2.05) is 54.6 Å². The molecule has 0 bridgehead atoms. The molecule has 1 heterocycles. The van der Waals surface area contributed by atoms with Crippen LogP contribution in [0.1, 0.15) is 11.1 Å². The Bertz CT molecular complexity index is 1470. The number of hydrogen-bond donors (Lipinski definition) is 1. The summed E-state index contributed by atoms with van der Waals surface area (Å²) in [6.07, 6.45) is 1.52. The number of hydrogen-bond acceptors (Lipinski definition) is 4. The minimum Gasteiger partial charge on any atom is -0.489 e. The molecule has 5 rings (SSSR count). The monoisotopic (exact) mass is 482 g/mol.